The summed E-state index contributed by atoms with van der Waals surface area (Å²) in [6, 6.07) is 20.9. The molecule has 136 valence electrons. The molecule has 4 nitrogen and oxygen atoms in total. The Balaban J connectivity index is 1.82. The zero-order valence-corrected chi connectivity index (χ0v) is 15.9. The number of aryl methyl sites for hydroxylation is 1. The van der Waals surface area contributed by atoms with Crippen LogP contribution in [0.2, 0.25) is 0 Å². The summed E-state index contributed by atoms with van der Waals surface area (Å²) in [6.45, 7) is 3.78. The van der Waals surface area contributed by atoms with E-state index in [1.165, 1.54) is 11.1 Å². The van der Waals surface area contributed by atoms with Gasteiger partial charge < -0.3 is 9.64 Å². The molecule has 0 aliphatic rings. The monoisotopic (exact) mass is 349 g/mol. The molecule has 0 N–H and O–H groups in total. The molecule has 3 aromatic rings. The third-order valence-corrected chi connectivity index (χ3v) is 4.23. The Morgan fingerprint density at radius 1 is 1.00 bits per heavy atom. The molecule has 0 aliphatic heterocycles. The summed E-state index contributed by atoms with van der Waals surface area (Å²) in [5.41, 5.74) is 4.68. The molecule has 1 heterocycles. The highest BCUT2D eigenvalue weighted by molar-refractivity contribution is 5.39. The highest BCUT2D eigenvalue weighted by Crippen LogP contribution is 2.21. The van der Waals surface area contributed by atoms with E-state index in [-0.39, 0.29) is 0 Å². The molecule has 1 aromatic heterocycles. The van der Waals surface area contributed by atoms with Crippen LogP contribution >= 0.6 is 0 Å². The van der Waals surface area contributed by atoms with E-state index in [1.807, 2.05) is 10.7 Å². The minimum Gasteiger partial charge on any atom is -0.477 e. The molecule has 3 rings (SSSR count). The Hall–Kier alpha value is -2.59. The first-order chi connectivity index (χ1) is 12.6. The van der Waals surface area contributed by atoms with Crippen LogP contribution in [0, 0.1) is 6.92 Å². The van der Waals surface area contributed by atoms with E-state index in [1.54, 1.807) is 0 Å². The second-order valence-corrected chi connectivity index (χ2v) is 6.89. The van der Waals surface area contributed by atoms with Gasteiger partial charge in [0, 0.05) is 19.0 Å². The van der Waals surface area contributed by atoms with E-state index < -0.39 is 0 Å². The predicted molar refractivity (Wildman–Crippen MR) is 106 cm³/mol. The summed E-state index contributed by atoms with van der Waals surface area (Å²) in [5, 5.41) is 4.72. The van der Waals surface area contributed by atoms with Crippen LogP contribution in [0.4, 0.5) is 0 Å². The van der Waals surface area contributed by atoms with Gasteiger partial charge in [-0.1, -0.05) is 42.5 Å². The lowest BCUT2D eigenvalue weighted by Gasteiger charge is -2.09. The van der Waals surface area contributed by atoms with Crippen LogP contribution in [0.15, 0.2) is 60.7 Å². The molecule has 4 heteroatoms. The zero-order valence-electron chi connectivity index (χ0n) is 15.9. The van der Waals surface area contributed by atoms with Crippen molar-refractivity contribution in [2.45, 2.75) is 19.8 Å². The third kappa shape index (κ3) is 4.96. The fourth-order valence-corrected chi connectivity index (χ4v) is 2.94. The van der Waals surface area contributed by atoms with E-state index in [4.69, 9.17) is 9.84 Å². The molecule has 0 radical (unpaired) electrons. The smallest absolute Gasteiger partial charge is 0.233 e. The summed E-state index contributed by atoms with van der Waals surface area (Å²) in [4.78, 5) is 2.16. The number of ether oxygens (including phenoxy) is 1. The number of hydrogen-bond acceptors (Lipinski definition) is 3. The summed E-state index contributed by atoms with van der Waals surface area (Å²) >= 11 is 0. The van der Waals surface area contributed by atoms with E-state index in [2.05, 4.69) is 80.5 Å². The van der Waals surface area contributed by atoms with Gasteiger partial charge in [-0.05, 0) is 50.7 Å². The second-order valence-electron chi connectivity index (χ2n) is 6.89. The van der Waals surface area contributed by atoms with Crippen molar-refractivity contribution < 1.29 is 4.74 Å². The molecule has 0 saturated heterocycles. The maximum atomic E-state index is 5.91. The van der Waals surface area contributed by atoms with Crippen LogP contribution in [0.3, 0.4) is 0 Å². The number of benzene rings is 2. The molecule has 0 spiro atoms. The summed E-state index contributed by atoms with van der Waals surface area (Å²) in [7, 11) is 4.15. The first-order valence-electron chi connectivity index (χ1n) is 9.09. The molecule has 26 heavy (non-hydrogen) atoms. The van der Waals surface area contributed by atoms with Gasteiger partial charge in [0.05, 0.1) is 18.0 Å². The molecule has 0 saturated carbocycles. The van der Waals surface area contributed by atoms with E-state index in [0.717, 1.165) is 30.8 Å². The van der Waals surface area contributed by atoms with Gasteiger partial charge in [-0.2, -0.15) is 0 Å². The Labute approximate surface area is 156 Å². The summed E-state index contributed by atoms with van der Waals surface area (Å²) in [6.07, 6.45) is 1.81. The van der Waals surface area contributed by atoms with Gasteiger partial charge in [0.25, 0.3) is 0 Å². The summed E-state index contributed by atoms with van der Waals surface area (Å²) in [5.74, 6) is 0.691. The highest BCUT2D eigenvalue weighted by Gasteiger charge is 2.12. The van der Waals surface area contributed by atoms with Gasteiger partial charge >= 0.3 is 0 Å². The fraction of sp³-hybridized carbons (Fsp3) is 0.318. The average Bonchev–Trinajstić information content (AvgIpc) is 3.02. The number of hydrogen-bond donors (Lipinski definition) is 0. The molecule has 2 aromatic carbocycles. The molecular formula is C22H27N3O. The van der Waals surface area contributed by atoms with Gasteiger partial charge in [-0.15, -0.1) is 5.10 Å². The van der Waals surface area contributed by atoms with Crippen LogP contribution in [-0.2, 0) is 6.42 Å². The van der Waals surface area contributed by atoms with E-state index in [9.17, 15) is 0 Å². The minimum atomic E-state index is 0.674. The molecule has 0 amide bonds. The van der Waals surface area contributed by atoms with Crippen LogP contribution in [0.5, 0.6) is 5.88 Å². The van der Waals surface area contributed by atoms with Crippen molar-refractivity contribution in [3.8, 4) is 11.6 Å². The lowest BCUT2D eigenvalue weighted by Crippen LogP contribution is -2.15. The van der Waals surface area contributed by atoms with E-state index in [0.29, 0.717) is 12.5 Å². The highest BCUT2D eigenvalue weighted by atomic mass is 16.5. The Kier molecular flexibility index (Phi) is 6.08. The molecule has 0 bridgehead atoms. The molecule has 0 fully saturated rings. The SMILES string of the molecule is Cc1cccc(-n2nc(OCCCN(C)C)cc2Cc2ccccc2)c1. The number of nitrogens with zero attached hydrogens (tertiary/aromatic N) is 3. The van der Waals surface area contributed by atoms with Crippen molar-refractivity contribution >= 4 is 0 Å². The third-order valence-electron chi connectivity index (χ3n) is 4.23. The van der Waals surface area contributed by atoms with Gasteiger partial charge in [-0.25, -0.2) is 4.68 Å². The zero-order chi connectivity index (χ0) is 18.4. The average molecular weight is 349 g/mol. The normalized spacial score (nSPS) is 11.1. The van der Waals surface area contributed by atoms with Crippen LogP contribution < -0.4 is 4.74 Å². The molecule has 0 aliphatic carbocycles. The Morgan fingerprint density at radius 3 is 2.54 bits per heavy atom. The standard InChI is InChI=1S/C22H27N3O/c1-18-9-7-12-20(15-18)25-21(16-19-10-5-4-6-11-19)17-22(23-25)26-14-8-13-24(2)3/h4-7,9-12,15,17H,8,13-14,16H2,1-3H3. The fourth-order valence-electron chi connectivity index (χ4n) is 2.94. The first kappa shape index (κ1) is 18.2. The second kappa shape index (κ2) is 8.68. The van der Waals surface area contributed by atoms with Crippen molar-refractivity contribution in [2.75, 3.05) is 27.2 Å². The maximum absolute atomic E-state index is 5.91. The Bertz CT molecular complexity index is 824. The van der Waals surface area contributed by atoms with Gasteiger partial charge in [0.2, 0.25) is 5.88 Å². The molecular weight excluding hydrogens is 322 g/mol. The van der Waals surface area contributed by atoms with E-state index >= 15 is 0 Å². The van der Waals surface area contributed by atoms with Crippen molar-refractivity contribution in [2.24, 2.45) is 0 Å². The number of aromatic nitrogens is 2. The Morgan fingerprint density at radius 2 is 1.81 bits per heavy atom. The minimum absolute atomic E-state index is 0.674. The van der Waals surface area contributed by atoms with Crippen molar-refractivity contribution in [3.63, 3.8) is 0 Å². The lowest BCUT2D eigenvalue weighted by atomic mass is 10.1. The van der Waals surface area contributed by atoms with Crippen LogP contribution in [0.25, 0.3) is 5.69 Å². The molecule has 0 atom stereocenters. The lowest BCUT2D eigenvalue weighted by molar-refractivity contribution is 0.272. The van der Waals surface area contributed by atoms with Crippen molar-refractivity contribution in [1.82, 2.24) is 14.7 Å². The topological polar surface area (TPSA) is 30.3 Å². The van der Waals surface area contributed by atoms with Gasteiger partial charge in [-0.3, -0.25) is 0 Å². The predicted octanol–water partition coefficient (Wildman–Crippen LogP) is 4.10. The van der Waals surface area contributed by atoms with Gasteiger partial charge in [0.15, 0.2) is 0 Å². The number of rotatable bonds is 8. The van der Waals surface area contributed by atoms with Crippen molar-refractivity contribution in [1.29, 1.82) is 0 Å². The first-order valence-corrected chi connectivity index (χ1v) is 9.09. The quantitative estimate of drug-likeness (QED) is 0.574. The van der Waals surface area contributed by atoms with Crippen molar-refractivity contribution in [3.05, 3.63) is 77.5 Å². The largest absolute Gasteiger partial charge is 0.477 e. The van der Waals surface area contributed by atoms with Crippen LogP contribution in [-0.4, -0.2) is 41.9 Å². The van der Waals surface area contributed by atoms with Crippen LogP contribution in [0.1, 0.15) is 23.2 Å². The molecule has 0 unspecified atom stereocenters. The van der Waals surface area contributed by atoms with Gasteiger partial charge in [0.1, 0.15) is 0 Å². The summed E-state index contributed by atoms with van der Waals surface area (Å²) < 4.78 is 7.91. The maximum Gasteiger partial charge on any atom is 0.233 e.